The van der Waals surface area contributed by atoms with Gasteiger partial charge in [0.05, 0.1) is 24.5 Å². The van der Waals surface area contributed by atoms with Crippen LogP contribution in [0, 0.1) is 5.92 Å². The summed E-state index contributed by atoms with van der Waals surface area (Å²) in [7, 11) is 3.23. The van der Waals surface area contributed by atoms with Crippen LogP contribution in [-0.2, 0) is 9.59 Å². The molecule has 0 radical (unpaired) electrons. The van der Waals surface area contributed by atoms with Gasteiger partial charge in [0.2, 0.25) is 0 Å². The topological polar surface area (TPSA) is 78.9 Å². The van der Waals surface area contributed by atoms with E-state index in [-0.39, 0.29) is 18.5 Å². The third-order valence-corrected chi connectivity index (χ3v) is 3.18. The van der Waals surface area contributed by atoms with Gasteiger partial charge in [0, 0.05) is 13.1 Å². The molecule has 1 aromatic carbocycles. The minimum atomic E-state index is -0.929. The number of anilines is 2. The van der Waals surface area contributed by atoms with E-state index in [2.05, 4.69) is 5.32 Å². The number of nitrogens with zero attached hydrogens (tertiary/aromatic N) is 1. The van der Waals surface area contributed by atoms with E-state index in [1.54, 1.807) is 37.3 Å². The highest BCUT2D eigenvalue weighted by Gasteiger charge is 2.17. The molecule has 0 saturated carbocycles. The number of hydrogen-bond donors (Lipinski definition) is 2. The molecule has 116 valence electrons. The molecule has 1 unspecified atom stereocenters. The van der Waals surface area contributed by atoms with Crippen LogP contribution in [0.1, 0.15) is 13.8 Å². The molecule has 1 rings (SSSR count). The third kappa shape index (κ3) is 4.66. The van der Waals surface area contributed by atoms with Crippen LogP contribution in [0.3, 0.4) is 0 Å². The maximum atomic E-state index is 11.1. The summed E-state index contributed by atoms with van der Waals surface area (Å²) in [6.45, 7) is 3.74. The van der Waals surface area contributed by atoms with Gasteiger partial charge in [-0.15, -0.1) is 0 Å². The van der Waals surface area contributed by atoms with Crippen molar-refractivity contribution in [3.8, 4) is 5.75 Å². The first-order valence-corrected chi connectivity index (χ1v) is 6.71. The van der Waals surface area contributed by atoms with Gasteiger partial charge in [-0.05, 0) is 18.1 Å². The van der Waals surface area contributed by atoms with Gasteiger partial charge in [0.1, 0.15) is 18.6 Å². The highest BCUT2D eigenvalue weighted by molar-refractivity contribution is 5.80. The molecule has 2 N–H and O–H groups in total. The molecule has 0 aliphatic carbocycles. The lowest BCUT2D eigenvalue weighted by Gasteiger charge is -2.25. The van der Waals surface area contributed by atoms with Gasteiger partial charge in [-0.1, -0.05) is 13.8 Å². The van der Waals surface area contributed by atoms with Crippen molar-refractivity contribution < 1.29 is 19.4 Å². The number of carbonyl (C=O) groups is 2. The molecule has 0 heterocycles. The van der Waals surface area contributed by atoms with E-state index in [0.29, 0.717) is 17.1 Å². The lowest BCUT2D eigenvalue weighted by molar-refractivity contribution is -0.135. The first-order chi connectivity index (χ1) is 9.88. The Hall–Kier alpha value is -2.24. The van der Waals surface area contributed by atoms with E-state index in [1.165, 1.54) is 0 Å². The van der Waals surface area contributed by atoms with E-state index in [4.69, 9.17) is 9.84 Å². The van der Waals surface area contributed by atoms with Gasteiger partial charge in [0.25, 0.3) is 0 Å². The van der Waals surface area contributed by atoms with Gasteiger partial charge in [-0.25, -0.2) is 0 Å². The summed E-state index contributed by atoms with van der Waals surface area (Å²) in [5, 5.41) is 12.1. The number of hydrogen-bond acceptors (Lipinski definition) is 5. The molecule has 0 saturated heterocycles. The Labute approximate surface area is 124 Å². The fourth-order valence-electron chi connectivity index (χ4n) is 1.90. The number of methoxy groups -OCH3 is 1. The molecule has 0 fully saturated rings. The zero-order valence-electron chi connectivity index (χ0n) is 12.8. The van der Waals surface area contributed by atoms with E-state index in [0.717, 1.165) is 6.29 Å². The Kier molecular flexibility index (Phi) is 6.02. The molecule has 1 atom stereocenters. The molecule has 0 aliphatic rings. The van der Waals surface area contributed by atoms with Crippen molar-refractivity contribution in [2.24, 2.45) is 5.92 Å². The Bertz CT molecular complexity index is 502. The number of carboxylic acid groups (broad SMARTS) is 1. The number of rotatable bonds is 8. The number of aliphatic carboxylic acids is 1. The number of carboxylic acids is 1. The predicted molar refractivity (Wildman–Crippen MR) is 82.2 cm³/mol. The van der Waals surface area contributed by atoms with Crippen molar-refractivity contribution in [2.75, 3.05) is 30.9 Å². The van der Waals surface area contributed by atoms with Crippen LogP contribution in [0.15, 0.2) is 18.2 Å². The van der Waals surface area contributed by atoms with Crippen molar-refractivity contribution >= 4 is 23.6 Å². The van der Waals surface area contributed by atoms with Crippen molar-refractivity contribution in [3.63, 3.8) is 0 Å². The van der Waals surface area contributed by atoms with Crippen LogP contribution < -0.4 is 15.0 Å². The zero-order chi connectivity index (χ0) is 16.0. The largest absolute Gasteiger partial charge is 0.497 e. The Morgan fingerprint density at radius 2 is 2.14 bits per heavy atom. The second kappa shape index (κ2) is 7.52. The number of likely N-dealkylation sites (N-methyl/N-ethyl adjacent to an activating group) is 1. The SMILES string of the molecule is COc1ccc(NC(C=O)C(C)C)c(N(C)CC(=O)O)c1. The molecule has 0 spiro atoms. The molecular formula is C15H22N2O4. The van der Waals surface area contributed by atoms with Crippen molar-refractivity contribution in [1.29, 1.82) is 0 Å². The lowest BCUT2D eigenvalue weighted by atomic mass is 10.1. The van der Waals surface area contributed by atoms with Crippen LogP contribution >= 0.6 is 0 Å². The number of aldehydes is 1. The fraction of sp³-hybridized carbons (Fsp3) is 0.467. The van der Waals surface area contributed by atoms with Crippen LogP contribution in [0.4, 0.5) is 11.4 Å². The molecule has 21 heavy (non-hydrogen) atoms. The molecule has 1 aromatic rings. The van der Waals surface area contributed by atoms with E-state index in [9.17, 15) is 9.59 Å². The van der Waals surface area contributed by atoms with E-state index < -0.39 is 5.97 Å². The minimum absolute atomic E-state index is 0.127. The second-order valence-corrected chi connectivity index (χ2v) is 5.18. The monoisotopic (exact) mass is 294 g/mol. The van der Waals surface area contributed by atoms with Crippen LogP contribution in [0.2, 0.25) is 0 Å². The third-order valence-electron chi connectivity index (χ3n) is 3.18. The maximum Gasteiger partial charge on any atom is 0.323 e. The van der Waals surface area contributed by atoms with E-state index in [1.807, 2.05) is 13.8 Å². The van der Waals surface area contributed by atoms with Crippen molar-refractivity contribution in [1.82, 2.24) is 0 Å². The number of ether oxygens (including phenoxy) is 1. The molecule has 6 nitrogen and oxygen atoms in total. The van der Waals surface area contributed by atoms with Crippen molar-refractivity contribution in [3.05, 3.63) is 18.2 Å². The van der Waals surface area contributed by atoms with Gasteiger partial charge in [-0.3, -0.25) is 4.79 Å². The predicted octanol–water partition coefficient (Wildman–Crippen LogP) is 1.85. The van der Waals surface area contributed by atoms with Gasteiger partial charge in [-0.2, -0.15) is 0 Å². The average Bonchev–Trinajstić information content (AvgIpc) is 2.43. The summed E-state index contributed by atoms with van der Waals surface area (Å²) >= 11 is 0. The highest BCUT2D eigenvalue weighted by atomic mass is 16.5. The number of carbonyl (C=O) groups excluding carboxylic acids is 1. The summed E-state index contributed by atoms with van der Waals surface area (Å²) < 4.78 is 5.17. The van der Waals surface area contributed by atoms with Crippen LogP contribution in [-0.4, -0.2) is 44.1 Å². The number of benzene rings is 1. The summed E-state index contributed by atoms with van der Waals surface area (Å²) in [4.78, 5) is 23.6. The standard InChI is InChI=1S/C15H22N2O4/c1-10(2)13(9-18)16-12-6-5-11(21-4)7-14(12)17(3)8-15(19)20/h5-7,9-10,13,16H,8H2,1-4H3,(H,19,20). The lowest BCUT2D eigenvalue weighted by Crippen LogP contribution is -2.30. The first-order valence-electron chi connectivity index (χ1n) is 6.71. The highest BCUT2D eigenvalue weighted by Crippen LogP contribution is 2.30. The molecule has 6 heteroatoms. The van der Waals surface area contributed by atoms with Gasteiger partial charge >= 0.3 is 5.97 Å². The maximum absolute atomic E-state index is 11.1. The summed E-state index contributed by atoms with van der Waals surface area (Å²) in [5.74, 6) is -0.177. The van der Waals surface area contributed by atoms with Crippen LogP contribution in [0.25, 0.3) is 0 Å². The molecule has 0 bridgehead atoms. The Morgan fingerprint density at radius 1 is 1.48 bits per heavy atom. The quantitative estimate of drug-likeness (QED) is 0.712. The minimum Gasteiger partial charge on any atom is -0.497 e. The Balaban J connectivity index is 3.12. The molecular weight excluding hydrogens is 272 g/mol. The summed E-state index contributed by atoms with van der Waals surface area (Å²) in [6, 6.07) is 4.96. The van der Waals surface area contributed by atoms with Crippen LogP contribution in [0.5, 0.6) is 5.75 Å². The normalized spacial score (nSPS) is 11.9. The van der Waals surface area contributed by atoms with Gasteiger partial charge in [0.15, 0.2) is 0 Å². The summed E-state index contributed by atoms with van der Waals surface area (Å²) in [5.41, 5.74) is 1.37. The first kappa shape index (κ1) is 16.8. The number of nitrogens with one attached hydrogen (secondary N) is 1. The fourth-order valence-corrected chi connectivity index (χ4v) is 1.90. The van der Waals surface area contributed by atoms with E-state index >= 15 is 0 Å². The molecule has 0 amide bonds. The molecule has 0 aromatic heterocycles. The molecule has 0 aliphatic heterocycles. The second-order valence-electron chi connectivity index (χ2n) is 5.18. The summed E-state index contributed by atoms with van der Waals surface area (Å²) in [6.07, 6.45) is 0.857. The zero-order valence-corrected chi connectivity index (χ0v) is 12.8. The van der Waals surface area contributed by atoms with Gasteiger partial charge < -0.3 is 24.9 Å². The smallest absolute Gasteiger partial charge is 0.323 e. The Morgan fingerprint density at radius 3 is 2.62 bits per heavy atom. The van der Waals surface area contributed by atoms with Crippen molar-refractivity contribution in [2.45, 2.75) is 19.9 Å². The average molecular weight is 294 g/mol.